The Morgan fingerprint density at radius 1 is 1.22 bits per heavy atom. The summed E-state index contributed by atoms with van der Waals surface area (Å²) in [4.78, 5) is 11.4. The molecule has 3 aromatic rings. The second kappa shape index (κ2) is 8.48. The lowest BCUT2D eigenvalue weighted by Crippen LogP contribution is -2.39. The minimum absolute atomic E-state index is 0.752. The van der Waals surface area contributed by atoms with Gasteiger partial charge < -0.3 is 15.2 Å². The summed E-state index contributed by atoms with van der Waals surface area (Å²) in [6.45, 7) is 13.6. The summed E-state index contributed by atoms with van der Waals surface area (Å²) in [6, 6.07) is 4.06. The van der Waals surface area contributed by atoms with E-state index in [0.717, 1.165) is 61.6 Å². The van der Waals surface area contributed by atoms with Gasteiger partial charge in [-0.3, -0.25) is 4.98 Å². The Labute approximate surface area is 161 Å². The summed E-state index contributed by atoms with van der Waals surface area (Å²) < 4.78 is 4.32. The van der Waals surface area contributed by atoms with Crippen LogP contribution in [0.5, 0.6) is 0 Å². The van der Waals surface area contributed by atoms with Crippen LogP contribution in [0.25, 0.3) is 11.0 Å². The van der Waals surface area contributed by atoms with E-state index in [2.05, 4.69) is 52.8 Å². The Balaban J connectivity index is 1.89. The zero-order valence-electron chi connectivity index (χ0n) is 16.9. The third kappa shape index (κ3) is 3.95. The molecule has 27 heavy (non-hydrogen) atoms. The van der Waals surface area contributed by atoms with Crippen LogP contribution in [0.2, 0.25) is 0 Å². The Bertz CT molecular complexity index is 896. The summed E-state index contributed by atoms with van der Waals surface area (Å²) in [5.74, 6) is 0.810. The van der Waals surface area contributed by atoms with E-state index < -0.39 is 0 Å². The molecular formula is C21H31N6+. The van der Waals surface area contributed by atoms with Gasteiger partial charge in [0.25, 0.3) is 0 Å². The zero-order valence-corrected chi connectivity index (χ0v) is 16.9. The van der Waals surface area contributed by atoms with Gasteiger partial charge in [0.15, 0.2) is 0 Å². The summed E-state index contributed by atoms with van der Waals surface area (Å²) in [5.41, 5.74) is 11.1. The Kier molecular flexibility index (Phi) is 6.06. The van der Waals surface area contributed by atoms with Crippen molar-refractivity contribution in [2.24, 2.45) is 0 Å². The predicted octanol–water partition coefficient (Wildman–Crippen LogP) is 2.70. The number of hydrogen-bond acceptors (Lipinski definition) is 4. The van der Waals surface area contributed by atoms with E-state index in [4.69, 9.17) is 10.7 Å². The van der Waals surface area contributed by atoms with Gasteiger partial charge in [0.1, 0.15) is 5.39 Å². The maximum absolute atomic E-state index is 6.56. The first-order valence-corrected chi connectivity index (χ1v) is 9.81. The average Bonchev–Trinajstić information content (AvgIpc) is 2.93. The first-order chi connectivity index (χ1) is 13.1. The molecule has 6 nitrogen and oxygen atoms in total. The first kappa shape index (κ1) is 19.3. The number of fused-ring (bicyclic) bond motifs is 1. The van der Waals surface area contributed by atoms with Crippen LogP contribution in [0.1, 0.15) is 37.1 Å². The molecule has 0 unspecified atom stereocenters. The molecular weight excluding hydrogens is 336 g/mol. The fourth-order valence-electron chi connectivity index (χ4n) is 3.67. The number of nitrogens with zero attached hydrogens (tertiary/aromatic N) is 5. The predicted molar refractivity (Wildman–Crippen MR) is 110 cm³/mol. The minimum atomic E-state index is 0.752. The fourth-order valence-corrected chi connectivity index (χ4v) is 3.67. The van der Waals surface area contributed by atoms with Crippen LogP contribution in [-0.4, -0.2) is 39.1 Å². The molecule has 2 N–H and O–H groups in total. The van der Waals surface area contributed by atoms with Crippen LogP contribution >= 0.6 is 0 Å². The van der Waals surface area contributed by atoms with Crippen molar-refractivity contribution in [3.05, 3.63) is 47.7 Å². The smallest absolute Gasteiger partial charge is 0.232 e. The maximum Gasteiger partial charge on any atom is 0.232 e. The number of nitrogens with two attached hydrogens (primary N) is 1. The van der Waals surface area contributed by atoms with E-state index in [0.29, 0.717) is 0 Å². The van der Waals surface area contributed by atoms with Gasteiger partial charge in [-0.15, -0.1) is 0 Å². The molecule has 3 rings (SSSR count). The summed E-state index contributed by atoms with van der Waals surface area (Å²) in [5, 5.41) is 1.07. The van der Waals surface area contributed by atoms with E-state index in [1.54, 1.807) is 6.20 Å². The highest BCUT2D eigenvalue weighted by atomic mass is 15.1. The molecule has 0 saturated carbocycles. The summed E-state index contributed by atoms with van der Waals surface area (Å²) in [6.07, 6.45) is 6.66. The molecule has 0 fully saturated rings. The van der Waals surface area contributed by atoms with E-state index >= 15 is 0 Å². The molecule has 6 heteroatoms. The Morgan fingerprint density at radius 3 is 2.67 bits per heavy atom. The van der Waals surface area contributed by atoms with Crippen LogP contribution in [0, 0.1) is 13.8 Å². The molecule has 3 heterocycles. The highest BCUT2D eigenvalue weighted by Gasteiger charge is 2.21. The zero-order chi connectivity index (χ0) is 19.4. The number of aryl methyl sites for hydroxylation is 2. The fraction of sp³-hybridized carbons (Fsp3) is 0.476. The van der Waals surface area contributed by atoms with Gasteiger partial charge in [0.05, 0.1) is 13.1 Å². The molecule has 0 bridgehead atoms. The topological polar surface area (TPSA) is 63.8 Å². The molecule has 0 spiro atoms. The van der Waals surface area contributed by atoms with E-state index in [1.807, 2.05) is 18.6 Å². The van der Waals surface area contributed by atoms with Crippen LogP contribution in [-0.2, 0) is 13.1 Å². The van der Waals surface area contributed by atoms with Crippen molar-refractivity contribution in [1.29, 1.82) is 0 Å². The molecule has 0 saturated heterocycles. The monoisotopic (exact) mass is 367 g/mol. The highest BCUT2D eigenvalue weighted by molar-refractivity contribution is 5.89. The summed E-state index contributed by atoms with van der Waals surface area (Å²) >= 11 is 0. The van der Waals surface area contributed by atoms with Crippen molar-refractivity contribution >= 4 is 16.9 Å². The molecule has 3 aromatic heterocycles. The number of aromatic nitrogens is 4. The van der Waals surface area contributed by atoms with Crippen molar-refractivity contribution < 1.29 is 4.57 Å². The van der Waals surface area contributed by atoms with Gasteiger partial charge in [0.2, 0.25) is 17.8 Å². The average molecular weight is 368 g/mol. The van der Waals surface area contributed by atoms with Crippen LogP contribution in [0.15, 0.2) is 30.9 Å². The standard InChI is InChI=1S/C21H30N6/c1-5-25(6-2)11-8-12-26-15-24-21-19(20(26)22)16(3)17(4)27(21)14-18-9-7-10-23-13-18/h7,9-10,13,15,22H,5-6,8,11-12,14H2,1-4H3/p+1. The second-order valence-electron chi connectivity index (χ2n) is 7.06. The molecule has 0 aliphatic carbocycles. The maximum atomic E-state index is 6.56. The molecule has 0 aliphatic rings. The third-order valence-electron chi connectivity index (χ3n) is 5.52. The lowest BCUT2D eigenvalue weighted by Gasteiger charge is -2.17. The minimum Gasteiger partial charge on any atom is -0.318 e. The van der Waals surface area contributed by atoms with Gasteiger partial charge in [-0.05, 0) is 50.6 Å². The first-order valence-electron chi connectivity index (χ1n) is 9.81. The Hall–Kier alpha value is -2.47. The lowest BCUT2D eigenvalue weighted by atomic mass is 10.2. The number of hydrogen-bond donors (Lipinski definition) is 1. The quantitative estimate of drug-likeness (QED) is 0.622. The van der Waals surface area contributed by atoms with Crippen LogP contribution in [0.3, 0.4) is 0 Å². The van der Waals surface area contributed by atoms with Crippen molar-refractivity contribution in [2.45, 2.75) is 47.2 Å². The largest absolute Gasteiger partial charge is 0.318 e. The van der Waals surface area contributed by atoms with Crippen molar-refractivity contribution in [3.8, 4) is 0 Å². The van der Waals surface area contributed by atoms with Gasteiger partial charge in [-0.25, -0.2) is 4.57 Å². The molecule has 0 amide bonds. The van der Waals surface area contributed by atoms with Crippen molar-refractivity contribution in [3.63, 3.8) is 0 Å². The molecule has 0 aromatic carbocycles. The van der Waals surface area contributed by atoms with Gasteiger partial charge >= 0.3 is 0 Å². The second-order valence-corrected chi connectivity index (χ2v) is 7.06. The molecule has 0 aliphatic heterocycles. The third-order valence-corrected chi connectivity index (χ3v) is 5.52. The molecule has 0 radical (unpaired) electrons. The van der Waals surface area contributed by atoms with Crippen LogP contribution in [0.4, 0.5) is 5.82 Å². The van der Waals surface area contributed by atoms with E-state index in [9.17, 15) is 0 Å². The lowest BCUT2D eigenvalue weighted by molar-refractivity contribution is -0.684. The van der Waals surface area contributed by atoms with Gasteiger partial charge in [-0.2, -0.15) is 0 Å². The highest BCUT2D eigenvalue weighted by Crippen LogP contribution is 2.27. The molecule has 0 atom stereocenters. The van der Waals surface area contributed by atoms with Crippen molar-refractivity contribution in [1.82, 2.24) is 19.4 Å². The van der Waals surface area contributed by atoms with E-state index in [1.165, 1.54) is 11.3 Å². The van der Waals surface area contributed by atoms with Crippen molar-refractivity contribution in [2.75, 3.05) is 25.4 Å². The summed E-state index contributed by atoms with van der Waals surface area (Å²) in [7, 11) is 0. The molecule has 144 valence electrons. The number of pyridine rings is 1. The van der Waals surface area contributed by atoms with Gasteiger partial charge in [-0.1, -0.05) is 24.9 Å². The van der Waals surface area contributed by atoms with E-state index in [-0.39, 0.29) is 0 Å². The number of nitrogen functional groups attached to an aromatic ring is 1. The Morgan fingerprint density at radius 2 is 2.00 bits per heavy atom. The number of anilines is 1. The number of rotatable bonds is 8. The normalized spacial score (nSPS) is 11.6. The van der Waals surface area contributed by atoms with Gasteiger partial charge in [0, 0.05) is 24.6 Å². The van der Waals surface area contributed by atoms with Crippen LogP contribution < -0.4 is 10.3 Å². The SMILES string of the molecule is CCN(CC)CCC[n+]1cnc2c(c(C)c(C)n2Cc2cccnc2)c1N.